The molecule has 5 heteroatoms. The molecule has 0 atom stereocenters. The average molecular weight is 424 g/mol. The Balaban J connectivity index is 1.91. The maximum absolute atomic E-state index is 13.1. The third-order valence-corrected chi connectivity index (χ3v) is 5.51. The van der Waals surface area contributed by atoms with Crippen molar-refractivity contribution < 1.29 is 4.74 Å². The van der Waals surface area contributed by atoms with Crippen LogP contribution in [0.3, 0.4) is 0 Å². The number of hydrogen-bond donors (Lipinski definition) is 1. The first-order valence-electron chi connectivity index (χ1n) is 10.5. The molecule has 1 heterocycles. The van der Waals surface area contributed by atoms with Gasteiger partial charge in [0, 0.05) is 16.6 Å². The summed E-state index contributed by atoms with van der Waals surface area (Å²) in [7, 11) is 0. The van der Waals surface area contributed by atoms with Crippen LogP contribution in [0.5, 0.6) is 5.75 Å². The number of nitrogens with zero attached hydrogens (tertiary/aromatic N) is 2. The number of ether oxygens (including phenoxy) is 1. The Labute approximate surface area is 187 Å². The summed E-state index contributed by atoms with van der Waals surface area (Å²) in [5, 5.41) is 0.811. The maximum Gasteiger partial charge on any atom is 0.348 e. The Kier molecular flexibility index (Phi) is 5.96. The summed E-state index contributed by atoms with van der Waals surface area (Å²) in [6.45, 7) is 4.78. The minimum atomic E-state index is -0.332. The largest absolute Gasteiger partial charge is 0.481 e. The second-order valence-corrected chi connectivity index (χ2v) is 7.98. The van der Waals surface area contributed by atoms with Crippen molar-refractivity contribution in [3.8, 4) is 29.4 Å². The zero-order chi connectivity index (χ0) is 22.7. The topological polar surface area (TPSA) is 70.1 Å². The molecular weight excluding hydrogens is 398 g/mol. The highest BCUT2D eigenvalue weighted by Crippen LogP contribution is 2.30. The van der Waals surface area contributed by atoms with Crippen LogP contribution in [0.1, 0.15) is 30.9 Å². The molecule has 4 aromatic rings. The molecule has 32 heavy (non-hydrogen) atoms. The van der Waals surface area contributed by atoms with Crippen molar-refractivity contribution in [2.45, 2.75) is 26.3 Å². The number of aromatic nitrogens is 2. The van der Waals surface area contributed by atoms with Crippen LogP contribution < -0.4 is 16.2 Å². The number of fused-ring (bicyclic) bond motifs is 1. The minimum Gasteiger partial charge on any atom is -0.481 e. The van der Waals surface area contributed by atoms with Crippen molar-refractivity contribution in [1.29, 1.82) is 0 Å². The van der Waals surface area contributed by atoms with Crippen LogP contribution in [0, 0.1) is 12.3 Å². The molecule has 1 aromatic heterocycles. The number of para-hydroxylation sites is 1. The van der Waals surface area contributed by atoms with E-state index in [0.29, 0.717) is 29.6 Å². The van der Waals surface area contributed by atoms with E-state index in [2.05, 4.69) is 36.9 Å². The van der Waals surface area contributed by atoms with Gasteiger partial charge in [0.1, 0.15) is 12.4 Å². The van der Waals surface area contributed by atoms with Crippen LogP contribution in [0.4, 0.5) is 5.69 Å². The number of benzene rings is 3. The van der Waals surface area contributed by atoms with Crippen LogP contribution in [-0.2, 0) is 6.54 Å². The summed E-state index contributed by atoms with van der Waals surface area (Å²) in [4.78, 5) is 17.6. The summed E-state index contributed by atoms with van der Waals surface area (Å²) in [6, 6.07) is 21.2. The van der Waals surface area contributed by atoms with Crippen molar-refractivity contribution in [2.75, 3.05) is 12.3 Å². The molecule has 160 valence electrons. The molecular formula is C27H25N3O2. The molecule has 0 aliphatic carbocycles. The van der Waals surface area contributed by atoms with E-state index >= 15 is 0 Å². The molecule has 0 fully saturated rings. The number of nitrogens with two attached hydrogens (primary N) is 1. The van der Waals surface area contributed by atoms with Gasteiger partial charge in [-0.1, -0.05) is 62.2 Å². The molecule has 5 nitrogen and oxygen atoms in total. The van der Waals surface area contributed by atoms with Gasteiger partial charge in [-0.3, -0.25) is 4.57 Å². The van der Waals surface area contributed by atoms with Gasteiger partial charge in [0.2, 0.25) is 0 Å². The van der Waals surface area contributed by atoms with Gasteiger partial charge in [-0.25, -0.2) is 4.79 Å². The van der Waals surface area contributed by atoms with Gasteiger partial charge in [-0.15, -0.1) is 6.42 Å². The molecule has 0 radical (unpaired) electrons. The van der Waals surface area contributed by atoms with Crippen molar-refractivity contribution in [2.24, 2.45) is 0 Å². The lowest BCUT2D eigenvalue weighted by Gasteiger charge is -2.15. The summed E-state index contributed by atoms with van der Waals surface area (Å²) in [5.41, 5.74) is 10.8. The Morgan fingerprint density at radius 3 is 2.53 bits per heavy atom. The lowest BCUT2D eigenvalue weighted by Crippen LogP contribution is -2.25. The first-order valence-corrected chi connectivity index (χ1v) is 10.5. The molecule has 0 aliphatic rings. The fourth-order valence-electron chi connectivity index (χ4n) is 3.72. The Morgan fingerprint density at radius 2 is 1.84 bits per heavy atom. The molecule has 4 rings (SSSR count). The highest BCUT2D eigenvalue weighted by atomic mass is 16.5. The molecule has 3 aromatic carbocycles. The van der Waals surface area contributed by atoms with E-state index in [1.54, 1.807) is 4.57 Å². The SMILES string of the molecule is C#CCOc1ccc2c(c1)c(-c1ccc(C(C)C)cc1)nc(=O)n2Cc1ccccc1N. The Bertz CT molecular complexity index is 1360. The molecule has 0 saturated heterocycles. The van der Waals surface area contributed by atoms with E-state index in [1.165, 1.54) is 5.56 Å². The second-order valence-electron chi connectivity index (χ2n) is 7.98. The predicted molar refractivity (Wildman–Crippen MR) is 130 cm³/mol. The summed E-state index contributed by atoms with van der Waals surface area (Å²) >= 11 is 0. The highest BCUT2D eigenvalue weighted by Gasteiger charge is 2.15. The van der Waals surface area contributed by atoms with Crippen LogP contribution in [-0.4, -0.2) is 16.2 Å². The van der Waals surface area contributed by atoms with Gasteiger partial charge in [0.15, 0.2) is 0 Å². The van der Waals surface area contributed by atoms with Gasteiger partial charge in [-0.2, -0.15) is 4.98 Å². The molecule has 2 N–H and O–H groups in total. The number of rotatable bonds is 6. The monoisotopic (exact) mass is 423 g/mol. The molecule has 0 saturated carbocycles. The maximum atomic E-state index is 13.1. The normalized spacial score (nSPS) is 10.9. The lowest BCUT2D eigenvalue weighted by molar-refractivity contribution is 0.371. The van der Waals surface area contributed by atoms with Gasteiger partial charge in [-0.05, 0) is 41.3 Å². The molecule has 0 aliphatic heterocycles. The second kappa shape index (κ2) is 8.99. The summed E-state index contributed by atoms with van der Waals surface area (Å²) < 4.78 is 7.28. The van der Waals surface area contributed by atoms with Gasteiger partial charge in [0.25, 0.3) is 0 Å². The van der Waals surface area contributed by atoms with E-state index < -0.39 is 0 Å². The number of terminal acetylenes is 1. The minimum absolute atomic E-state index is 0.164. The zero-order valence-electron chi connectivity index (χ0n) is 18.2. The van der Waals surface area contributed by atoms with Crippen molar-refractivity contribution in [3.05, 3.63) is 88.3 Å². The number of anilines is 1. The summed E-state index contributed by atoms with van der Waals surface area (Å²) in [6.07, 6.45) is 5.35. The van der Waals surface area contributed by atoms with Crippen LogP contribution in [0.25, 0.3) is 22.2 Å². The van der Waals surface area contributed by atoms with E-state index in [1.807, 2.05) is 54.6 Å². The summed E-state index contributed by atoms with van der Waals surface area (Å²) in [5.74, 6) is 3.52. The van der Waals surface area contributed by atoms with Gasteiger partial charge >= 0.3 is 5.69 Å². The van der Waals surface area contributed by atoms with E-state index in [4.69, 9.17) is 16.9 Å². The fraction of sp³-hybridized carbons (Fsp3) is 0.185. The third kappa shape index (κ3) is 4.21. The fourth-order valence-corrected chi connectivity index (χ4v) is 3.72. The standard InChI is InChI=1S/C27H25N3O2/c1-4-15-32-22-13-14-25-23(16-22)26(20-11-9-19(10-12-20)18(2)3)29-27(31)30(25)17-21-7-5-6-8-24(21)28/h1,5-14,16,18H,15,17,28H2,2-3H3. The molecule has 0 amide bonds. The van der Waals surface area contributed by atoms with Gasteiger partial charge in [0.05, 0.1) is 17.8 Å². The number of nitrogen functional groups attached to an aromatic ring is 1. The third-order valence-electron chi connectivity index (χ3n) is 5.51. The quantitative estimate of drug-likeness (QED) is 0.356. The smallest absolute Gasteiger partial charge is 0.348 e. The van der Waals surface area contributed by atoms with Crippen LogP contribution >= 0.6 is 0 Å². The lowest BCUT2D eigenvalue weighted by atomic mass is 9.99. The van der Waals surface area contributed by atoms with Crippen molar-refractivity contribution >= 4 is 16.6 Å². The van der Waals surface area contributed by atoms with Crippen LogP contribution in [0.15, 0.2) is 71.5 Å². The Hall–Kier alpha value is -4.04. The molecule has 0 bridgehead atoms. The first kappa shape index (κ1) is 21.2. The van der Waals surface area contributed by atoms with E-state index in [9.17, 15) is 4.79 Å². The molecule has 0 spiro atoms. The van der Waals surface area contributed by atoms with Crippen LogP contribution in [0.2, 0.25) is 0 Å². The van der Waals surface area contributed by atoms with E-state index in [0.717, 1.165) is 22.0 Å². The average Bonchev–Trinajstić information content (AvgIpc) is 2.80. The Morgan fingerprint density at radius 1 is 1.09 bits per heavy atom. The van der Waals surface area contributed by atoms with E-state index in [-0.39, 0.29) is 12.3 Å². The predicted octanol–water partition coefficient (Wildman–Crippen LogP) is 4.83. The molecule has 0 unspecified atom stereocenters. The van der Waals surface area contributed by atoms with Crippen molar-refractivity contribution in [3.63, 3.8) is 0 Å². The highest BCUT2D eigenvalue weighted by molar-refractivity contribution is 5.93. The number of hydrogen-bond acceptors (Lipinski definition) is 4. The van der Waals surface area contributed by atoms with Gasteiger partial charge < -0.3 is 10.5 Å². The first-order chi connectivity index (χ1) is 15.5. The van der Waals surface area contributed by atoms with Crippen molar-refractivity contribution in [1.82, 2.24) is 9.55 Å². The zero-order valence-corrected chi connectivity index (χ0v) is 18.2.